The van der Waals surface area contributed by atoms with Crippen molar-refractivity contribution in [3.63, 3.8) is 0 Å². The second-order valence-corrected chi connectivity index (χ2v) is 12.9. The summed E-state index contributed by atoms with van der Waals surface area (Å²) in [6, 6.07) is 22.4. The molecule has 0 spiro atoms. The number of likely N-dealkylation sites (tertiary alicyclic amines) is 2. The summed E-state index contributed by atoms with van der Waals surface area (Å²) < 4.78 is 13.2. The minimum absolute atomic E-state index is 0.0468. The Labute approximate surface area is 260 Å². The molecule has 6 nitrogen and oxygen atoms in total. The zero-order valence-electron chi connectivity index (χ0n) is 25.8. The zero-order chi connectivity index (χ0) is 30.5. The van der Waals surface area contributed by atoms with E-state index >= 15 is 0 Å². The van der Waals surface area contributed by atoms with Crippen LogP contribution in [0.5, 0.6) is 0 Å². The molecule has 0 radical (unpaired) electrons. The Balaban J connectivity index is 1.000. The van der Waals surface area contributed by atoms with E-state index in [9.17, 15) is 14.0 Å². The van der Waals surface area contributed by atoms with Crippen molar-refractivity contribution in [2.75, 3.05) is 52.4 Å². The molecule has 7 heteroatoms. The number of benzene rings is 3. The van der Waals surface area contributed by atoms with Gasteiger partial charge in [-0.2, -0.15) is 0 Å². The van der Waals surface area contributed by atoms with Crippen molar-refractivity contribution in [2.24, 2.45) is 16.8 Å². The van der Waals surface area contributed by atoms with Gasteiger partial charge in [0.05, 0.1) is 13.1 Å². The van der Waals surface area contributed by atoms with Gasteiger partial charge in [0.2, 0.25) is 0 Å². The molecule has 44 heavy (non-hydrogen) atoms. The van der Waals surface area contributed by atoms with Crippen LogP contribution in [-0.2, 0) is 6.54 Å². The van der Waals surface area contributed by atoms with E-state index in [2.05, 4.69) is 39.0 Å². The SMILES string of the molecule is Cc1ccc(C(=O)CN2CCC(CN3Cc4ccccc4C3=NCC3CCN(CC(=O)c4ccc(F)cc4)CC3)CC2)cc1. The lowest BCUT2D eigenvalue weighted by Gasteiger charge is -2.34. The van der Waals surface area contributed by atoms with Crippen LogP contribution in [-0.4, -0.2) is 84.5 Å². The van der Waals surface area contributed by atoms with E-state index in [-0.39, 0.29) is 17.4 Å². The molecule has 2 saturated heterocycles. The monoisotopic (exact) mass is 594 g/mol. The van der Waals surface area contributed by atoms with Crippen molar-refractivity contribution >= 4 is 17.4 Å². The van der Waals surface area contributed by atoms with E-state index in [1.807, 2.05) is 31.2 Å². The van der Waals surface area contributed by atoms with Crippen molar-refractivity contribution in [3.8, 4) is 0 Å². The summed E-state index contributed by atoms with van der Waals surface area (Å²) in [5.41, 5.74) is 5.16. The molecule has 0 atom stereocenters. The Bertz CT molecular complexity index is 1470. The third-order valence-electron chi connectivity index (χ3n) is 9.59. The number of carbonyl (C=O) groups excluding carboxylic acids is 2. The van der Waals surface area contributed by atoms with Gasteiger partial charge in [0.15, 0.2) is 11.6 Å². The first-order valence-corrected chi connectivity index (χ1v) is 16.1. The van der Waals surface area contributed by atoms with Gasteiger partial charge in [0.1, 0.15) is 11.7 Å². The number of piperidine rings is 2. The van der Waals surface area contributed by atoms with Crippen molar-refractivity contribution in [1.29, 1.82) is 0 Å². The average Bonchev–Trinajstić information content (AvgIpc) is 3.39. The van der Waals surface area contributed by atoms with E-state index in [0.717, 1.165) is 82.9 Å². The van der Waals surface area contributed by atoms with Gasteiger partial charge < -0.3 is 4.90 Å². The van der Waals surface area contributed by atoms with Crippen molar-refractivity contribution in [2.45, 2.75) is 39.2 Å². The summed E-state index contributed by atoms with van der Waals surface area (Å²) in [5.74, 6) is 2.15. The number of hydrogen-bond donors (Lipinski definition) is 0. The molecule has 6 rings (SSSR count). The highest BCUT2D eigenvalue weighted by Gasteiger charge is 2.30. The van der Waals surface area contributed by atoms with Gasteiger partial charge in [-0.05, 0) is 100 Å². The molecular weight excluding hydrogens is 551 g/mol. The first-order valence-electron chi connectivity index (χ1n) is 16.1. The molecule has 3 aliphatic rings. The normalized spacial score (nSPS) is 19.4. The second-order valence-electron chi connectivity index (χ2n) is 12.9. The Morgan fingerprint density at radius 1 is 0.750 bits per heavy atom. The maximum absolute atomic E-state index is 13.2. The Hall–Kier alpha value is -3.68. The van der Waals surface area contributed by atoms with E-state index in [0.29, 0.717) is 30.5 Å². The standard InChI is InChI=1S/C37H43FN4O2/c1-27-6-8-30(9-7-27)35(43)25-41-20-16-29(17-21-41)23-42-24-32-4-2-3-5-34(32)37(42)39-22-28-14-18-40(19-15-28)26-36(44)31-10-12-33(38)13-11-31/h2-13,28-29H,14-26H2,1H3. The molecular formula is C37H43FN4O2. The maximum Gasteiger partial charge on any atom is 0.176 e. The highest BCUT2D eigenvalue weighted by atomic mass is 19.1. The van der Waals surface area contributed by atoms with E-state index in [1.54, 1.807) is 12.1 Å². The summed E-state index contributed by atoms with van der Waals surface area (Å²) in [5, 5.41) is 0. The van der Waals surface area contributed by atoms with Crippen LogP contribution in [0.25, 0.3) is 0 Å². The number of fused-ring (bicyclic) bond motifs is 1. The van der Waals surface area contributed by atoms with Crippen LogP contribution in [0.2, 0.25) is 0 Å². The van der Waals surface area contributed by atoms with Crippen LogP contribution in [0.15, 0.2) is 77.8 Å². The molecule has 0 amide bonds. The third-order valence-corrected chi connectivity index (χ3v) is 9.59. The Morgan fingerprint density at radius 2 is 1.30 bits per heavy atom. The number of Topliss-reactive ketones (excluding diaryl/α,β-unsaturated/α-hetero) is 2. The fourth-order valence-electron chi connectivity index (χ4n) is 6.81. The van der Waals surface area contributed by atoms with Gasteiger partial charge in [0, 0.05) is 36.3 Å². The molecule has 0 unspecified atom stereocenters. The fraction of sp³-hybridized carbons (Fsp3) is 0.432. The summed E-state index contributed by atoms with van der Waals surface area (Å²) in [6.45, 7) is 9.31. The molecule has 0 aromatic heterocycles. The lowest BCUT2D eigenvalue weighted by atomic mass is 9.95. The first kappa shape index (κ1) is 30.4. The number of rotatable bonds is 10. The molecule has 230 valence electrons. The number of carbonyl (C=O) groups is 2. The molecule has 3 aromatic rings. The molecule has 0 bridgehead atoms. The lowest BCUT2D eigenvalue weighted by molar-refractivity contribution is 0.0885. The predicted molar refractivity (Wildman–Crippen MR) is 173 cm³/mol. The maximum atomic E-state index is 13.2. The second kappa shape index (κ2) is 14.0. The first-order chi connectivity index (χ1) is 21.4. The number of halogens is 1. The van der Waals surface area contributed by atoms with Gasteiger partial charge in [0.25, 0.3) is 0 Å². The minimum Gasteiger partial charge on any atom is -0.352 e. The predicted octanol–water partition coefficient (Wildman–Crippen LogP) is 5.89. The molecule has 2 fully saturated rings. The zero-order valence-corrected chi connectivity index (χ0v) is 25.8. The van der Waals surface area contributed by atoms with E-state index < -0.39 is 0 Å². The summed E-state index contributed by atoms with van der Waals surface area (Å²) >= 11 is 0. The van der Waals surface area contributed by atoms with Crippen molar-refractivity contribution in [1.82, 2.24) is 14.7 Å². The molecule has 3 heterocycles. The Kier molecular flexibility index (Phi) is 9.63. The average molecular weight is 595 g/mol. The third kappa shape index (κ3) is 7.51. The molecule has 0 aliphatic carbocycles. The fourth-order valence-corrected chi connectivity index (χ4v) is 6.81. The smallest absolute Gasteiger partial charge is 0.176 e. The summed E-state index contributed by atoms with van der Waals surface area (Å²) in [7, 11) is 0. The molecule has 0 N–H and O–H groups in total. The van der Waals surface area contributed by atoms with Crippen LogP contribution in [0.1, 0.15) is 63.1 Å². The summed E-state index contributed by atoms with van der Waals surface area (Å²) in [4.78, 5) is 37.7. The largest absolute Gasteiger partial charge is 0.352 e. The van der Waals surface area contributed by atoms with Crippen LogP contribution >= 0.6 is 0 Å². The van der Waals surface area contributed by atoms with Crippen LogP contribution < -0.4 is 0 Å². The van der Waals surface area contributed by atoms with Gasteiger partial charge in [-0.15, -0.1) is 0 Å². The van der Waals surface area contributed by atoms with E-state index in [1.165, 1.54) is 28.8 Å². The van der Waals surface area contributed by atoms with Gasteiger partial charge in [-0.25, -0.2) is 4.39 Å². The van der Waals surface area contributed by atoms with Gasteiger partial charge in [-0.1, -0.05) is 54.1 Å². The van der Waals surface area contributed by atoms with Crippen molar-refractivity contribution < 1.29 is 14.0 Å². The quantitative estimate of drug-likeness (QED) is 0.274. The van der Waals surface area contributed by atoms with Crippen LogP contribution in [0, 0.1) is 24.6 Å². The number of aliphatic imine (C=N–C) groups is 1. The summed E-state index contributed by atoms with van der Waals surface area (Å²) in [6.07, 6.45) is 4.23. The van der Waals surface area contributed by atoms with E-state index in [4.69, 9.17) is 4.99 Å². The van der Waals surface area contributed by atoms with Gasteiger partial charge >= 0.3 is 0 Å². The number of aryl methyl sites for hydroxylation is 1. The molecule has 3 aliphatic heterocycles. The molecule has 3 aromatic carbocycles. The lowest BCUT2D eigenvalue weighted by Crippen LogP contribution is -2.41. The minimum atomic E-state index is -0.319. The van der Waals surface area contributed by atoms with Crippen LogP contribution in [0.4, 0.5) is 4.39 Å². The topological polar surface area (TPSA) is 56.2 Å². The molecule has 0 saturated carbocycles. The number of amidine groups is 1. The highest BCUT2D eigenvalue weighted by Crippen LogP contribution is 2.28. The van der Waals surface area contributed by atoms with Crippen LogP contribution in [0.3, 0.4) is 0 Å². The van der Waals surface area contributed by atoms with Crippen molar-refractivity contribution in [3.05, 3.63) is 106 Å². The number of ketones is 2. The number of nitrogens with zero attached hydrogens (tertiary/aromatic N) is 4. The van der Waals surface area contributed by atoms with Gasteiger partial charge in [-0.3, -0.25) is 24.4 Å². The number of hydrogen-bond acceptors (Lipinski definition) is 5. The highest BCUT2D eigenvalue weighted by molar-refractivity contribution is 6.02. The Morgan fingerprint density at radius 3 is 1.91 bits per heavy atom.